The minimum Gasteiger partial charge on any atom is -0.486 e. The molecule has 1 fully saturated rings. The maximum atomic E-state index is 10.5. The normalized spacial score (nSPS) is 28.4. The van der Waals surface area contributed by atoms with Crippen LogP contribution in [-0.2, 0) is 11.2 Å². The van der Waals surface area contributed by atoms with Gasteiger partial charge in [0.15, 0.2) is 11.5 Å². The monoisotopic (exact) mass is 480 g/mol. The average Bonchev–Trinajstić information content (AvgIpc) is 2.75. The first kappa shape index (κ1) is 21.5. The first-order valence-corrected chi connectivity index (χ1v) is 10.7. The molecule has 0 aromatic heterocycles. The predicted molar refractivity (Wildman–Crippen MR) is 112 cm³/mol. The molecule has 7 nitrogen and oxygen atoms in total. The molecule has 0 radical (unpaired) electrons. The van der Waals surface area contributed by atoms with E-state index in [1.165, 1.54) is 0 Å². The molecule has 0 amide bonds. The second-order valence-electron chi connectivity index (χ2n) is 7.69. The minimum absolute atomic E-state index is 0.460. The first-order valence-electron chi connectivity index (χ1n) is 9.87. The molecule has 2 aromatic rings. The quantitative estimate of drug-likeness (QED) is 0.526. The van der Waals surface area contributed by atoms with Gasteiger partial charge in [-0.15, -0.1) is 0 Å². The molecule has 2 aliphatic heterocycles. The second-order valence-corrected chi connectivity index (χ2v) is 8.55. The summed E-state index contributed by atoms with van der Waals surface area (Å²) in [6.45, 7) is 2.60. The molecule has 2 aliphatic rings. The molecule has 0 bridgehead atoms. The van der Waals surface area contributed by atoms with Crippen molar-refractivity contribution in [3.8, 4) is 11.5 Å². The van der Waals surface area contributed by atoms with Gasteiger partial charge in [0.05, 0.1) is 6.61 Å². The Labute approximate surface area is 183 Å². The van der Waals surface area contributed by atoms with Gasteiger partial charge < -0.3 is 34.6 Å². The maximum absolute atomic E-state index is 10.5. The number of ether oxygens (including phenoxy) is 3. The fourth-order valence-corrected chi connectivity index (χ4v) is 4.42. The van der Waals surface area contributed by atoms with E-state index < -0.39 is 37.1 Å². The van der Waals surface area contributed by atoms with E-state index in [-0.39, 0.29) is 0 Å². The van der Waals surface area contributed by atoms with E-state index in [1.807, 2.05) is 37.3 Å². The van der Waals surface area contributed by atoms with Gasteiger partial charge in [-0.2, -0.15) is 0 Å². The standard InChI is InChI=1S/C22H25BrO7/c1-11-13(6-12-2-3-16-17(7-12)29-5-4-28-16)8-14(9-15(11)23)22-21(27)20(26)19(25)18(10-24)30-22/h2-3,7-9,18-22,24-27H,4-6,10H2,1H3/t18-,19-,20+,21-,22+/m1/s1. The highest BCUT2D eigenvalue weighted by molar-refractivity contribution is 9.10. The minimum atomic E-state index is -1.41. The molecule has 0 aliphatic carbocycles. The van der Waals surface area contributed by atoms with Crippen LogP contribution in [0.2, 0.25) is 0 Å². The SMILES string of the molecule is Cc1c(Br)cc([C@@H]2O[C@H](CO)[C@@H](O)[C@H](O)[C@H]2O)cc1Cc1ccc2c(c1)OCCO2. The molecule has 4 N–H and O–H groups in total. The van der Waals surface area contributed by atoms with E-state index >= 15 is 0 Å². The van der Waals surface area contributed by atoms with Gasteiger partial charge in [0.25, 0.3) is 0 Å². The molecule has 0 spiro atoms. The molecule has 2 aromatic carbocycles. The van der Waals surface area contributed by atoms with Crippen LogP contribution in [0.4, 0.5) is 0 Å². The number of rotatable bonds is 4. The Morgan fingerprint density at radius 3 is 2.43 bits per heavy atom. The van der Waals surface area contributed by atoms with Gasteiger partial charge >= 0.3 is 0 Å². The molecule has 8 heteroatoms. The lowest BCUT2D eigenvalue weighted by Gasteiger charge is -2.40. The third-order valence-corrected chi connectivity index (χ3v) is 6.52. The van der Waals surface area contributed by atoms with Gasteiger partial charge in [-0.25, -0.2) is 0 Å². The lowest BCUT2D eigenvalue weighted by molar-refractivity contribution is -0.231. The lowest BCUT2D eigenvalue weighted by atomic mass is 9.89. The smallest absolute Gasteiger partial charge is 0.161 e. The Morgan fingerprint density at radius 2 is 1.70 bits per heavy atom. The Balaban J connectivity index is 1.64. The third-order valence-electron chi connectivity index (χ3n) is 5.70. The highest BCUT2D eigenvalue weighted by Gasteiger charge is 2.44. The zero-order chi connectivity index (χ0) is 21.4. The Kier molecular flexibility index (Phi) is 6.34. The summed E-state index contributed by atoms with van der Waals surface area (Å²) in [6.07, 6.45) is -5.33. The van der Waals surface area contributed by atoms with Crippen molar-refractivity contribution in [2.45, 2.75) is 43.9 Å². The summed E-state index contributed by atoms with van der Waals surface area (Å²) in [6, 6.07) is 9.60. The lowest BCUT2D eigenvalue weighted by Crippen LogP contribution is -2.55. The molecule has 1 saturated heterocycles. The van der Waals surface area contributed by atoms with Crippen LogP contribution < -0.4 is 9.47 Å². The zero-order valence-corrected chi connectivity index (χ0v) is 18.1. The molecule has 5 atom stereocenters. The fraction of sp³-hybridized carbons (Fsp3) is 0.455. The van der Waals surface area contributed by atoms with Gasteiger partial charge in [-0.3, -0.25) is 0 Å². The highest BCUT2D eigenvalue weighted by atomic mass is 79.9. The average molecular weight is 481 g/mol. The van der Waals surface area contributed by atoms with E-state index in [4.69, 9.17) is 14.2 Å². The Morgan fingerprint density at radius 1 is 0.967 bits per heavy atom. The molecule has 0 unspecified atom stereocenters. The molecule has 0 saturated carbocycles. The number of benzene rings is 2. The number of halogens is 1. The summed E-state index contributed by atoms with van der Waals surface area (Å²) in [5.41, 5.74) is 3.74. The molecular formula is C22H25BrO7. The summed E-state index contributed by atoms with van der Waals surface area (Å²) < 4.78 is 17.8. The third kappa shape index (κ3) is 4.08. The van der Waals surface area contributed by atoms with Crippen molar-refractivity contribution in [2.75, 3.05) is 19.8 Å². The fourth-order valence-electron chi connectivity index (χ4n) is 3.90. The Hall–Kier alpha value is -1.68. The number of hydrogen-bond donors (Lipinski definition) is 4. The van der Waals surface area contributed by atoms with Crippen LogP contribution in [0.25, 0.3) is 0 Å². The molecule has 30 heavy (non-hydrogen) atoms. The summed E-state index contributed by atoms with van der Waals surface area (Å²) in [5.74, 6) is 1.46. The summed E-state index contributed by atoms with van der Waals surface area (Å²) >= 11 is 3.57. The van der Waals surface area contributed by atoms with Crippen LogP contribution >= 0.6 is 15.9 Å². The van der Waals surface area contributed by atoms with Crippen LogP contribution in [0.5, 0.6) is 11.5 Å². The van der Waals surface area contributed by atoms with Crippen molar-refractivity contribution in [2.24, 2.45) is 0 Å². The van der Waals surface area contributed by atoms with Crippen LogP contribution in [0, 0.1) is 6.92 Å². The van der Waals surface area contributed by atoms with Gasteiger partial charge in [-0.1, -0.05) is 28.1 Å². The summed E-state index contributed by atoms with van der Waals surface area (Å²) in [4.78, 5) is 0. The number of aliphatic hydroxyl groups is 4. The molecule has 2 heterocycles. The van der Waals surface area contributed by atoms with Gasteiger partial charge in [0, 0.05) is 4.47 Å². The molecule has 162 valence electrons. The van der Waals surface area contributed by atoms with Crippen LogP contribution in [-0.4, -0.2) is 64.7 Å². The van der Waals surface area contributed by atoms with Crippen molar-refractivity contribution in [3.63, 3.8) is 0 Å². The summed E-state index contributed by atoms with van der Waals surface area (Å²) in [7, 11) is 0. The maximum Gasteiger partial charge on any atom is 0.161 e. The number of aliphatic hydroxyl groups excluding tert-OH is 4. The second kappa shape index (κ2) is 8.82. The van der Waals surface area contributed by atoms with E-state index in [0.717, 1.165) is 32.7 Å². The van der Waals surface area contributed by atoms with E-state index in [9.17, 15) is 20.4 Å². The van der Waals surface area contributed by atoms with Crippen molar-refractivity contribution in [1.29, 1.82) is 0 Å². The number of fused-ring (bicyclic) bond motifs is 1. The zero-order valence-electron chi connectivity index (χ0n) is 16.5. The van der Waals surface area contributed by atoms with Gasteiger partial charge in [-0.05, 0) is 53.8 Å². The largest absolute Gasteiger partial charge is 0.486 e. The van der Waals surface area contributed by atoms with Gasteiger partial charge in [0.2, 0.25) is 0 Å². The highest BCUT2D eigenvalue weighted by Crippen LogP contribution is 2.37. The van der Waals surface area contributed by atoms with E-state index in [2.05, 4.69) is 15.9 Å². The topological polar surface area (TPSA) is 109 Å². The van der Waals surface area contributed by atoms with Gasteiger partial charge in [0.1, 0.15) is 43.7 Å². The Bertz CT molecular complexity index is 917. The van der Waals surface area contributed by atoms with Crippen molar-refractivity contribution in [1.82, 2.24) is 0 Å². The molecular weight excluding hydrogens is 456 g/mol. The molecule has 4 rings (SSSR count). The van der Waals surface area contributed by atoms with Crippen molar-refractivity contribution in [3.05, 3.63) is 57.1 Å². The van der Waals surface area contributed by atoms with Crippen LogP contribution in [0.1, 0.15) is 28.4 Å². The van der Waals surface area contributed by atoms with Crippen molar-refractivity contribution >= 4 is 15.9 Å². The van der Waals surface area contributed by atoms with E-state index in [1.54, 1.807) is 0 Å². The predicted octanol–water partition coefficient (Wildman–Crippen LogP) is 1.63. The van der Waals surface area contributed by atoms with Crippen molar-refractivity contribution < 1.29 is 34.6 Å². The first-order chi connectivity index (χ1) is 14.4. The van der Waals surface area contributed by atoms with Crippen LogP contribution in [0.15, 0.2) is 34.8 Å². The number of hydrogen-bond acceptors (Lipinski definition) is 7. The van der Waals surface area contributed by atoms with E-state index in [0.29, 0.717) is 25.2 Å². The summed E-state index contributed by atoms with van der Waals surface area (Å²) in [5, 5.41) is 40.1. The van der Waals surface area contributed by atoms with Crippen LogP contribution in [0.3, 0.4) is 0 Å².